The van der Waals surface area contributed by atoms with E-state index in [4.69, 9.17) is 14.7 Å². The maximum Gasteiger partial charge on any atom is 0.356 e. The maximum atomic E-state index is 11.6. The van der Waals surface area contributed by atoms with Gasteiger partial charge in [0.1, 0.15) is 5.75 Å². The highest BCUT2D eigenvalue weighted by molar-refractivity contribution is 6.37. The molecule has 0 fully saturated rings. The van der Waals surface area contributed by atoms with E-state index in [1.54, 1.807) is 20.2 Å². The molecule has 2 rings (SSSR count). The second-order valence-electron chi connectivity index (χ2n) is 4.17. The Balaban J connectivity index is 2.31. The number of oxime groups is 1. The van der Waals surface area contributed by atoms with Gasteiger partial charge in [-0.05, 0) is 30.7 Å². The molecule has 0 aliphatic heterocycles. The minimum atomic E-state index is -0.618. The van der Waals surface area contributed by atoms with E-state index in [9.17, 15) is 4.79 Å². The van der Waals surface area contributed by atoms with Gasteiger partial charge in [0.15, 0.2) is 5.71 Å². The Morgan fingerprint density at radius 1 is 1.45 bits per heavy atom. The summed E-state index contributed by atoms with van der Waals surface area (Å²) in [5.74, 6) is 0.101. The largest absolute Gasteiger partial charge is 0.497 e. The summed E-state index contributed by atoms with van der Waals surface area (Å²) in [5, 5.41) is 12.9. The number of aromatic amines is 1. The van der Waals surface area contributed by atoms with Crippen LogP contribution in [0.1, 0.15) is 12.5 Å². The monoisotopic (exact) mass is 276 g/mol. The molecule has 0 radical (unpaired) electrons. The van der Waals surface area contributed by atoms with Crippen LogP contribution in [0.5, 0.6) is 5.75 Å². The zero-order valence-corrected chi connectivity index (χ0v) is 11.3. The van der Waals surface area contributed by atoms with Crippen LogP contribution in [0.4, 0.5) is 0 Å². The number of hydrogen-bond donors (Lipinski definition) is 2. The highest BCUT2D eigenvalue weighted by atomic mass is 16.5. The van der Waals surface area contributed by atoms with E-state index in [-0.39, 0.29) is 18.7 Å². The Hall–Kier alpha value is -2.50. The second-order valence-corrected chi connectivity index (χ2v) is 4.17. The molecule has 0 saturated heterocycles. The van der Waals surface area contributed by atoms with Crippen molar-refractivity contribution >= 4 is 22.6 Å². The van der Waals surface area contributed by atoms with Gasteiger partial charge in [-0.3, -0.25) is 0 Å². The molecule has 20 heavy (non-hydrogen) atoms. The summed E-state index contributed by atoms with van der Waals surface area (Å²) in [4.78, 5) is 14.7. The lowest BCUT2D eigenvalue weighted by atomic mass is 10.1. The molecular weight excluding hydrogens is 260 g/mol. The summed E-state index contributed by atoms with van der Waals surface area (Å²) >= 11 is 0. The Labute approximate surface area is 116 Å². The standard InChI is InChI=1S/C14H16N2O4/c1-3-20-14(17)13(16-18)6-9-8-15-12-5-4-10(19-2)7-11(9)12/h4-5,7-8,15,18H,3,6H2,1-2H3/b16-13+. The van der Waals surface area contributed by atoms with E-state index in [0.717, 1.165) is 22.2 Å². The number of carbonyl (C=O) groups is 1. The number of benzene rings is 1. The third kappa shape index (κ3) is 2.74. The molecule has 6 nitrogen and oxygen atoms in total. The quantitative estimate of drug-likeness (QED) is 0.379. The highest BCUT2D eigenvalue weighted by Crippen LogP contribution is 2.24. The van der Waals surface area contributed by atoms with Crippen LogP contribution >= 0.6 is 0 Å². The number of hydrogen-bond acceptors (Lipinski definition) is 5. The molecule has 1 heterocycles. The number of rotatable bonds is 5. The minimum absolute atomic E-state index is 0.0319. The van der Waals surface area contributed by atoms with E-state index < -0.39 is 5.97 Å². The lowest BCUT2D eigenvalue weighted by Gasteiger charge is -2.04. The van der Waals surface area contributed by atoms with Crippen molar-refractivity contribution in [1.29, 1.82) is 0 Å². The molecule has 1 aromatic heterocycles. The molecule has 0 unspecified atom stereocenters. The van der Waals surface area contributed by atoms with Crippen LogP contribution in [0.15, 0.2) is 29.6 Å². The molecule has 0 aliphatic rings. The van der Waals surface area contributed by atoms with Gasteiger partial charge in [0.05, 0.1) is 13.7 Å². The Bertz CT molecular complexity index is 646. The van der Waals surface area contributed by atoms with E-state index in [2.05, 4.69) is 10.1 Å². The van der Waals surface area contributed by atoms with Gasteiger partial charge < -0.3 is 19.7 Å². The molecule has 2 aromatic rings. The van der Waals surface area contributed by atoms with Gasteiger partial charge in [-0.15, -0.1) is 0 Å². The predicted octanol–water partition coefficient (Wildman–Crippen LogP) is 2.11. The number of nitrogens with zero attached hydrogens (tertiary/aromatic N) is 1. The molecular formula is C14H16N2O4. The summed E-state index contributed by atoms with van der Waals surface area (Å²) in [6, 6.07) is 5.59. The maximum absolute atomic E-state index is 11.6. The van der Waals surface area contributed by atoms with E-state index in [1.165, 1.54) is 0 Å². The number of ether oxygens (including phenoxy) is 2. The molecule has 0 atom stereocenters. The van der Waals surface area contributed by atoms with Gasteiger partial charge in [-0.1, -0.05) is 5.16 Å². The Morgan fingerprint density at radius 2 is 2.25 bits per heavy atom. The number of carbonyl (C=O) groups excluding carboxylic acids is 1. The van der Waals surface area contributed by atoms with Crippen molar-refractivity contribution < 1.29 is 19.5 Å². The molecule has 0 spiro atoms. The third-order valence-electron chi connectivity index (χ3n) is 2.96. The van der Waals surface area contributed by atoms with Crippen LogP contribution < -0.4 is 4.74 Å². The fraction of sp³-hybridized carbons (Fsp3) is 0.286. The zero-order chi connectivity index (χ0) is 14.5. The van der Waals surface area contributed by atoms with Crippen LogP contribution in [0.25, 0.3) is 10.9 Å². The first-order valence-electron chi connectivity index (χ1n) is 6.21. The van der Waals surface area contributed by atoms with Crippen LogP contribution in [-0.2, 0) is 16.0 Å². The van der Waals surface area contributed by atoms with Crippen LogP contribution in [0, 0.1) is 0 Å². The number of nitrogens with one attached hydrogen (secondary N) is 1. The number of esters is 1. The molecule has 0 aliphatic carbocycles. The number of fused-ring (bicyclic) bond motifs is 1. The lowest BCUT2D eigenvalue weighted by molar-refractivity contribution is -0.135. The van der Waals surface area contributed by atoms with Gasteiger partial charge in [-0.2, -0.15) is 0 Å². The molecule has 0 saturated carbocycles. The first-order chi connectivity index (χ1) is 9.69. The topological polar surface area (TPSA) is 83.9 Å². The van der Waals surface area contributed by atoms with Crippen molar-refractivity contribution in [2.24, 2.45) is 5.16 Å². The van der Waals surface area contributed by atoms with Crippen molar-refractivity contribution in [3.05, 3.63) is 30.0 Å². The smallest absolute Gasteiger partial charge is 0.356 e. The summed E-state index contributed by atoms with van der Waals surface area (Å²) in [7, 11) is 1.59. The Kier molecular flexibility index (Phi) is 4.24. The number of methoxy groups -OCH3 is 1. The first-order valence-corrected chi connectivity index (χ1v) is 6.21. The van der Waals surface area contributed by atoms with E-state index in [0.29, 0.717) is 0 Å². The van der Waals surface area contributed by atoms with Gasteiger partial charge in [0.2, 0.25) is 0 Å². The second kappa shape index (κ2) is 6.10. The van der Waals surface area contributed by atoms with Gasteiger partial charge in [0.25, 0.3) is 0 Å². The van der Waals surface area contributed by atoms with Crippen molar-refractivity contribution in [1.82, 2.24) is 4.98 Å². The fourth-order valence-corrected chi connectivity index (χ4v) is 1.97. The van der Waals surface area contributed by atoms with E-state index >= 15 is 0 Å². The van der Waals surface area contributed by atoms with Crippen molar-refractivity contribution in [2.75, 3.05) is 13.7 Å². The molecule has 1 aromatic carbocycles. The average molecular weight is 276 g/mol. The fourth-order valence-electron chi connectivity index (χ4n) is 1.97. The summed E-state index contributed by atoms with van der Waals surface area (Å²) < 4.78 is 10.0. The SMILES string of the molecule is CCOC(=O)/C(Cc1c[nH]c2ccc(OC)cc12)=N/O. The molecule has 106 valence electrons. The third-order valence-corrected chi connectivity index (χ3v) is 2.96. The average Bonchev–Trinajstić information content (AvgIpc) is 2.86. The summed E-state index contributed by atoms with van der Waals surface area (Å²) in [6.07, 6.45) is 1.96. The number of aromatic nitrogens is 1. The van der Waals surface area contributed by atoms with Crippen LogP contribution in [0.2, 0.25) is 0 Å². The lowest BCUT2D eigenvalue weighted by Crippen LogP contribution is -2.19. The van der Waals surface area contributed by atoms with Crippen LogP contribution in [0.3, 0.4) is 0 Å². The first kappa shape index (κ1) is 13.9. The van der Waals surface area contributed by atoms with Gasteiger partial charge in [0, 0.05) is 23.5 Å². The highest BCUT2D eigenvalue weighted by Gasteiger charge is 2.16. The van der Waals surface area contributed by atoms with Crippen molar-refractivity contribution in [2.45, 2.75) is 13.3 Å². The summed E-state index contributed by atoms with van der Waals surface area (Å²) in [5.41, 5.74) is 1.72. The van der Waals surface area contributed by atoms with Crippen molar-refractivity contribution in [3.63, 3.8) is 0 Å². The van der Waals surface area contributed by atoms with Crippen LogP contribution in [-0.4, -0.2) is 35.6 Å². The van der Waals surface area contributed by atoms with Crippen molar-refractivity contribution in [3.8, 4) is 5.75 Å². The molecule has 0 bridgehead atoms. The molecule has 6 heteroatoms. The van der Waals surface area contributed by atoms with E-state index in [1.807, 2.05) is 18.2 Å². The number of H-pyrrole nitrogens is 1. The normalized spacial score (nSPS) is 11.6. The Morgan fingerprint density at radius 3 is 2.90 bits per heavy atom. The van der Waals surface area contributed by atoms with Gasteiger partial charge >= 0.3 is 5.97 Å². The van der Waals surface area contributed by atoms with Gasteiger partial charge in [-0.25, -0.2) is 4.79 Å². The minimum Gasteiger partial charge on any atom is -0.497 e. The predicted molar refractivity (Wildman–Crippen MR) is 74.4 cm³/mol. The molecule has 0 amide bonds. The summed E-state index contributed by atoms with van der Waals surface area (Å²) in [6.45, 7) is 1.93. The molecule has 2 N–H and O–H groups in total. The zero-order valence-electron chi connectivity index (χ0n) is 11.3.